The predicted molar refractivity (Wildman–Crippen MR) is 65.3 cm³/mol. The molecule has 2 N–H and O–H groups in total. The lowest BCUT2D eigenvalue weighted by Crippen LogP contribution is -2.44. The Bertz CT molecular complexity index is 251. The largest absolute Gasteiger partial charge is 0.396 e. The summed E-state index contributed by atoms with van der Waals surface area (Å²) in [5, 5.41) is 12.5. The Morgan fingerprint density at radius 1 is 1.28 bits per heavy atom. The third kappa shape index (κ3) is 4.43. The molecule has 0 bridgehead atoms. The molecular weight excluding hydrogens is 243 g/mol. The van der Waals surface area contributed by atoms with Crippen LogP contribution in [0.25, 0.3) is 0 Å². The Kier molecular flexibility index (Phi) is 5.46. The van der Waals surface area contributed by atoms with Crippen LogP contribution in [0, 0.1) is 11.3 Å². The van der Waals surface area contributed by atoms with Gasteiger partial charge < -0.3 is 10.4 Å². The Morgan fingerprint density at radius 3 is 2.44 bits per heavy atom. The van der Waals surface area contributed by atoms with Crippen molar-refractivity contribution in [3.63, 3.8) is 0 Å². The fourth-order valence-electron chi connectivity index (χ4n) is 2.36. The van der Waals surface area contributed by atoms with Crippen LogP contribution in [0.5, 0.6) is 0 Å². The first kappa shape index (κ1) is 15.8. The van der Waals surface area contributed by atoms with E-state index in [0.29, 0.717) is 13.0 Å². The molecule has 18 heavy (non-hydrogen) atoms. The first-order chi connectivity index (χ1) is 8.30. The van der Waals surface area contributed by atoms with Crippen LogP contribution in [0.1, 0.15) is 46.0 Å². The van der Waals surface area contributed by atoms with Gasteiger partial charge >= 0.3 is 6.18 Å². The summed E-state index contributed by atoms with van der Waals surface area (Å²) in [4.78, 5) is 0. The molecule has 3 atom stereocenters. The van der Waals surface area contributed by atoms with Crippen LogP contribution in [0.2, 0.25) is 0 Å². The summed E-state index contributed by atoms with van der Waals surface area (Å²) in [5.74, 6) is -1.16. The molecule has 1 rings (SSSR count). The Morgan fingerprint density at radius 2 is 1.94 bits per heavy atom. The van der Waals surface area contributed by atoms with Gasteiger partial charge in [-0.25, -0.2) is 0 Å². The van der Waals surface area contributed by atoms with Crippen molar-refractivity contribution in [3.05, 3.63) is 0 Å². The average molecular weight is 267 g/mol. The molecule has 2 nitrogen and oxygen atoms in total. The lowest BCUT2D eigenvalue weighted by atomic mass is 9.83. The number of aliphatic hydroxyl groups is 1. The predicted octanol–water partition coefficient (Wildman–Crippen LogP) is 3.11. The Hall–Kier alpha value is -0.290. The molecular formula is C13H24F3NO. The van der Waals surface area contributed by atoms with E-state index in [4.69, 9.17) is 0 Å². The van der Waals surface area contributed by atoms with E-state index in [2.05, 4.69) is 5.32 Å². The van der Waals surface area contributed by atoms with Gasteiger partial charge in [0.05, 0.1) is 5.92 Å². The summed E-state index contributed by atoms with van der Waals surface area (Å²) in [6.07, 6.45) is -1.39. The van der Waals surface area contributed by atoms with E-state index < -0.39 is 12.1 Å². The highest BCUT2D eigenvalue weighted by Crippen LogP contribution is 2.37. The van der Waals surface area contributed by atoms with Gasteiger partial charge in [-0.1, -0.05) is 20.3 Å². The number of hydrogen-bond acceptors (Lipinski definition) is 2. The van der Waals surface area contributed by atoms with Crippen molar-refractivity contribution < 1.29 is 18.3 Å². The number of rotatable bonds is 5. The minimum atomic E-state index is -4.06. The van der Waals surface area contributed by atoms with Gasteiger partial charge in [0, 0.05) is 24.6 Å². The zero-order valence-corrected chi connectivity index (χ0v) is 11.2. The van der Waals surface area contributed by atoms with Crippen LogP contribution >= 0.6 is 0 Å². The summed E-state index contributed by atoms with van der Waals surface area (Å²) in [6, 6.07) is -0.0669. The fraction of sp³-hybridized carbons (Fsp3) is 1.00. The molecule has 0 aromatic rings. The van der Waals surface area contributed by atoms with Crippen molar-refractivity contribution >= 4 is 0 Å². The molecule has 1 saturated carbocycles. The van der Waals surface area contributed by atoms with Gasteiger partial charge in [-0.15, -0.1) is 0 Å². The number of alkyl halides is 3. The summed E-state index contributed by atoms with van der Waals surface area (Å²) in [7, 11) is 0. The van der Waals surface area contributed by atoms with Gasteiger partial charge in [0.25, 0.3) is 0 Å². The van der Waals surface area contributed by atoms with Crippen molar-refractivity contribution in [1.82, 2.24) is 5.32 Å². The normalized spacial score (nSPS) is 29.0. The summed E-state index contributed by atoms with van der Waals surface area (Å²) < 4.78 is 38.0. The SMILES string of the molecule is CCC(C)(CO)CNC1CCCC(C(F)(F)F)C1. The third-order valence-corrected chi connectivity index (χ3v) is 4.19. The van der Waals surface area contributed by atoms with Gasteiger partial charge in [0.1, 0.15) is 0 Å². The molecule has 0 aromatic heterocycles. The number of nitrogens with one attached hydrogen (secondary N) is 1. The van der Waals surface area contributed by atoms with Crippen molar-refractivity contribution in [1.29, 1.82) is 0 Å². The highest BCUT2D eigenvalue weighted by molar-refractivity contribution is 4.84. The first-order valence-electron chi connectivity index (χ1n) is 6.71. The van der Waals surface area contributed by atoms with Crippen molar-refractivity contribution in [2.24, 2.45) is 11.3 Å². The average Bonchev–Trinajstić information content (AvgIpc) is 2.35. The minimum Gasteiger partial charge on any atom is -0.396 e. The van der Waals surface area contributed by atoms with E-state index in [1.807, 2.05) is 13.8 Å². The van der Waals surface area contributed by atoms with Crippen LogP contribution in [0.15, 0.2) is 0 Å². The van der Waals surface area contributed by atoms with Crippen LogP contribution in [-0.4, -0.2) is 30.5 Å². The molecule has 1 aliphatic rings. The number of halogens is 3. The van der Waals surface area contributed by atoms with Crippen molar-refractivity contribution in [2.45, 2.75) is 58.2 Å². The monoisotopic (exact) mass is 267 g/mol. The zero-order valence-electron chi connectivity index (χ0n) is 11.2. The standard InChI is InChI=1S/C13H24F3NO/c1-3-12(2,9-18)8-17-11-6-4-5-10(7-11)13(14,15)16/h10-11,17-18H,3-9H2,1-2H3. The minimum absolute atomic E-state index is 0.0614. The smallest absolute Gasteiger partial charge is 0.391 e. The number of aliphatic hydroxyl groups excluding tert-OH is 1. The zero-order chi connectivity index (χ0) is 13.8. The summed E-state index contributed by atoms with van der Waals surface area (Å²) >= 11 is 0. The molecule has 3 unspecified atom stereocenters. The molecule has 0 amide bonds. The van der Waals surface area contributed by atoms with E-state index in [0.717, 1.165) is 12.8 Å². The summed E-state index contributed by atoms with van der Waals surface area (Å²) in [5.41, 5.74) is -0.231. The van der Waals surface area contributed by atoms with Gasteiger partial charge in [-0.2, -0.15) is 13.2 Å². The van der Waals surface area contributed by atoms with Crippen LogP contribution in [0.4, 0.5) is 13.2 Å². The quantitative estimate of drug-likeness (QED) is 0.802. The van der Waals surface area contributed by atoms with E-state index in [9.17, 15) is 18.3 Å². The summed E-state index contributed by atoms with van der Waals surface area (Å²) in [6.45, 7) is 4.57. The van der Waals surface area contributed by atoms with Crippen molar-refractivity contribution in [2.75, 3.05) is 13.2 Å². The Balaban J connectivity index is 2.44. The molecule has 0 radical (unpaired) electrons. The Labute approximate surface area is 107 Å². The second kappa shape index (κ2) is 6.24. The topological polar surface area (TPSA) is 32.3 Å². The van der Waals surface area contributed by atoms with E-state index in [-0.39, 0.29) is 30.9 Å². The molecule has 0 heterocycles. The lowest BCUT2D eigenvalue weighted by Gasteiger charge is -2.34. The van der Waals surface area contributed by atoms with Crippen molar-refractivity contribution in [3.8, 4) is 0 Å². The fourth-order valence-corrected chi connectivity index (χ4v) is 2.36. The molecule has 0 aromatic carbocycles. The van der Waals surface area contributed by atoms with Crippen LogP contribution in [0.3, 0.4) is 0 Å². The third-order valence-electron chi connectivity index (χ3n) is 4.19. The van der Waals surface area contributed by atoms with Gasteiger partial charge in [-0.3, -0.25) is 0 Å². The van der Waals surface area contributed by atoms with E-state index in [1.54, 1.807) is 0 Å². The first-order valence-corrected chi connectivity index (χ1v) is 6.71. The van der Waals surface area contributed by atoms with E-state index in [1.165, 1.54) is 0 Å². The van der Waals surface area contributed by atoms with Crippen LogP contribution < -0.4 is 5.32 Å². The molecule has 0 spiro atoms. The van der Waals surface area contributed by atoms with Gasteiger partial charge in [-0.05, 0) is 25.7 Å². The second-order valence-electron chi connectivity index (χ2n) is 5.81. The maximum atomic E-state index is 12.7. The lowest BCUT2D eigenvalue weighted by molar-refractivity contribution is -0.183. The van der Waals surface area contributed by atoms with Gasteiger partial charge in [0.2, 0.25) is 0 Å². The molecule has 5 heteroatoms. The number of hydrogen-bond donors (Lipinski definition) is 2. The molecule has 108 valence electrons. The maximum absolute atomic E-state index is 12.7. The second-order valence-corrected chi connectivity index (χ2v) is 5.81. The highest BCUT2D eigenvalue weighted by Gasteiger charge is 2.42. The van der Waals surface area contributed by atoms with E-state index >= 15 is 0 Å². The van der Waals surface area contributed by atoms with Gasteiger partial charge in [0.15, 0.2) is 0 Å². The molecule has 0 saturated heterocycles. The molecule has 1 fully saturated rings. The molecule has 1 aliphatic carbocycles. The maximum Gasteiger partial charge on any atom is 0.391 e. The highest BCUT2D eigenvalue weighted by atomic mass is 19.4. The molecule has 0 aliphatic heterocycles. The van der Waals surface area contributed by atoms with Crippen LogP contribution in [-0.2, 0) is 0 Å².